The standard InChI is InChI=1S/C7H13NO.ClH/c1-6-5-8(2)4-3-7(6)9;/h6H,3-5H2,1-2H3;1H. The molecule has 0 aliphatic carbocycles. The number of carbonyl (C=O) groups excluding carboxylic acids is 1. The highest BCUT2D eigenvalue weighted by atomic mass is 35.5. The molecular weight excluding hydrogens is 150 g/mol. The summed E-state index contributed by atoms with van der Waals surface area (Å²) < 4.78 is 0. The van der Waals surface area contributed by atoms with Gasteiger partial charge in [-0.3, -0.25) is 4.79 Å². The van der Waals surface area contributed by atoms with Gasteiger partial charge in [0.15, 0.2) is 0 Å². The third kappa shape index (κ3) is 2.27. The van der Waals surface area contributed by atoms with E-state index in [2.05, 4.69) is 11.9 Å². The van der Waals surface area contributed by atoms with E-state index in [-0.39, 0.29) is 18.3 Å². The summed E-state index contributed by atoms with van der Waals surface area (Å²) in [7, 11) is 2.06. The molecule has 0 N–H and O–H groups in total. The Morgan fingerprint density at radius 1 is 1.60 bits per heavy atom. The lowest BCUT2D eigenvalue weighted by molar-refractivity contribution is -0.125. The SMILES string of the molecule is CC1CN(C)CCC1=O.Cl. The van der Waals surface area contributed by atoms with E-state index in [4.69, 9.17) is 0 Å². The van der Waals surface area contributed by atoms with Crippen LogP contribution in [0.5, 0.6) is 0 Å². The lowest BCUT2D eigenvalue weighted by Gasteiger charge is -2.25. The second-order valence-electron chi connectivity index (χ2n) is 2.88. The average molecular weight is 164 g/mol. The van der Waals surface area contributed by atoms with Gasteiger partial charge in [-0.2, -0.15) is 0 Å². The zero-order valence-corrected chi connectivity index (χ0v) is 7.28. The predicted octanol–water partition coefficient (Wildman–Crippen LogP) is 0.949. The molecular formula is C7H14ClNO. The van der Waals surface area contributed by atoms with Crippen LogP contribution in [0.2, 0.25) is 0 Å². The summed E-state index contributed by atoms with van der Waals surface area (Å²) in [5.41, 5.74) is 0. The van der Waals surface area contributed by atoms with Crippen LogP contribution >= 0.6 is 12.4 Å². The molecule has 1 unspecified atom stereocenters. The van der Waals surface area contributed by atoms with Gasteiger partial charge in [0.1, 0.15) is 5.78 Å². The topological polar surface area (TPSA) is 20.3 Å². The highest BCUT2D eigenvalue weighted by Crippen LogP contribution is 2.09. The largest absolute Gasteiger partial charge is 0.305 e. The maximum atomic E-state index is 10.9. The van der Waals surface area contributed by atoms with Crippen molar-refractivity contribution in [2.24, 2.45) is 5.92 Å². The van der Waals surface area contributed by atoms with Gasteiger partial charge in [-0.15, -0.1) is 12.4 Å². The van der Waals surface area contributed by atoms with E-state index < -0.39 is 0 Å². The number of nitrogens with zero attached hydrogens (tertiary/aromatic N) is 1. The van der Waals surface area contributed by atoms with Gasteiger partial charge in [-0.25, -0.2) is 0 Å². The minimum absolute atomic E-state index is 0. The molecule has 1 heterocycles. The van der Waals surface area contributed by atoms with Crippen LogP contribution in [0.3, 0.4) is 0 Å². The Bertz CT molecular complexity index is 127. The summed E-state index contributed by atoms with van der Waals surface area (Å²) >= 11 is 0. The number of piperidine rings is 1. The molecule has 1 saturated heterocycles. The van der Waals surface area contributed by atoms with Crippen LogP contribution in [0.15, 0.2) is 0 Å². The molecule has 3 heteroatoms. The fraction of sp³-hybridized carbons (Fsp3) is 0.857. The molecule has 0 aromatic heterocycles. The van der Waals surface area contributed by atoms with Crippen molar-refractivity contribution in [1.82, 2.24) is 4.90 Å². The zero-order chi connectivity index (χ0) is 6.85. The van der Waals surface area contributed by atoms with Crippen LogP contribution in [0, 0.1) is 5.92 Å². The number of hydrogen-bond donors (Lipinski definition) is 0. The molecule has 1 rings (SSSR count). The number of ketones is 1. The van der Waals surface area contributed by atoms with Crippen molar-refractivity contribution in [3.8, 4) is 0 Å². The van der Waals surface area contributed by atoms with E-state index in [9.17, 15) is 4.79 Å². The molecule has 1 fully saturated rings. The van der Waals surface area contributed by atoms with E-state index in [1.54, 1.807) is 0 Å². The first-order valence-electron chi connectivity index (χ1n) is 3.41. The number of Topliss-reactive ketones (excluding diaryl/α,β-unsaturated/α-hetero) is 1. The smallest absolute Gasteiger partial charge is 0.138 e. The number of rotatable bonds is 0. The summed E-state index contributed by atoms with van der Waals surface area (Å²) in [5, 5.41) is 0. The van der Waals surface area contributed by atoms with Gasteiger partial charge in [0, 0.05) is 25.4 Å². The number of halogens is 1. The Balaban J connectivity index is 0.000000810. The molecule has 0 bridgehead atoms. The third-order valence-electron chi connectivity index (χ3n) is 1.88. The van der Waals surface area contributed by atoms with Crippen molar-refractivity contribution in [3.05, 3.63) is 0 Å². The normalized spacial score (nSPS) is 27.8. The molecule has 1 atom stereocenters. The Morgan fingerprint density at radius 3 is 2.60 bits per heavy atom. The molecule has 10 heavy (non-hydrogen) atoms. The van der Waals surface area contributed by atoms with Crippen LogP contribution < -0.4 is 0 Å². The summed E-state index contributed by atoms with van der Waals surface area (Å²) in [5.74, 6) is 0.692. The Morgan fingerprint density at radius 2 is 2.20 bits per heavy atom. The molecule has 2 nitrogen and oxygen atoms in total. The number of likely N-dealkylation sites (tertiary alicyclic amines) is 1. The highest BCUT2D eigenvalue weighted by Gasteiger charge is 2.20. The summed E-state index contributed by atoms with van der Waals surface area (Å²) in [6.45, 7) is 3.89. The van der Waals surface area contributed by atoms with Gasteiger partial charge in [0.25, 0.3) is 0 Å². The van der Waals surface area contributed by atoms with E-state index in [1.165, 1.54) is 0 Å². The number of hydrogen-bond acceptors (Lipinski definition) is 2. The first-order valence-corrected chi connectivity index (χ1v) is 3.41. The van der Waals surface area contributed by atoms with E-state index in [0.717, 1.165) is 19.5 Å². The zero-order valence-electron chi connectivity index (χ0n) is 6.46. The molecule has 60 valence electrons. The van der Waals surface area contributed by atoms with Gasteiger partial charge in [-0.1, -0.05) is 6.92 Å². The summed E-state index contributed by atoms with van der Waals surface area (Å²) in [6, 6.07) is 0. The van der Waals surface area contributed by atoms with Crippen LogP contribution in [0.1, 0.15) is 13.3 Å². The molecule has 0 saturated carbocycles. The first kappa shape index (κ1) is 9.92. The first-order chi connectivity index (χ1) is 4.20. The van der Waals surface area contributed by atoms with Crippen LogP contribution in [0.25, 0.3) is 0 Å². The fourth-order valence-corrected chi connectivity index (χ4v) is 1.21. The van der Waals surface area contributed by atoms with E-state index >= 15 is 0 Å². The fourth-order valence-electron chi connectivity index (χ4n) is 1.21. The minimum atomic E-state index is 0. The lowest BCUT2D eigenvalue weighted by atomic mass is 9.99. The second-order valence-corrected chi connectivity index (χ2v) is 2.88. The van der Waals surface area contributed by atoms with E-state index in [1.807, 2.05) is 6.92 Å². The van der Waals surface area contributed by atoms with Gasteiger partial charge in [0.05, 0.1) is 0 Å². The Kier molecular flexibility index (Phi) is 3.91. The van der Waals surface area contributed by atoms with Crippen LogP contribution in [-0.4, -0.2) is 30.8 Å². The Labute approximate surface area is 68.0 Å². The molecule has 0 spiro atoms. The quantitative estimate of drug-likeness (QED) is 0.530. The highest BCUT2D eigenvalue weighted by molar-refractivity contribution is 5.85. The van der Waals surface area contributed by atoms with Gasteiger partial charge < -0.3 is 4.90 Å². The summed E-state index contributed by atoms with van der Waals surface area (Å²) in [6.07, 6.45) is 0.748. The maximum Gasteiger partial charge on any atom is 0.138 e. The number of carbonyl (C=O) groups is 1. The van der Waals surface area contributed by atoms with E-state index in [0.29, 0.717) is 5.78 Å². The third-order valence-corrected chi connectivity index (χ3v) is 1.88. The van der Waals surface area contributed by atoms with Crippen LogP contribution in [0.4, 0.5) is 0 Å². The van der Waals surface area contributed by atoms with Crippen molar-refractivity contribution in [1.29, 1.82) is 0 Å². The van der Waals surface area contributed by atoms with Gasteiger partial charge >= 0.3 is 0 Å². The minimum Gasteiger partial charge on any atom is -0.305 e. The summed E-state index contributed by atoms with van der Waals surface area (Å²) in [4.78, 5) is 13.1. The molecule has 1 aliphatic rings. The average Bonchev–Trinajstić information content (AvgIpc) is 1.80. The monoisotopic (exact) mass is 163 g/mol. The lowest BCUT2D eigenvalue weighted by Crippen LogP contribution is -2.36. The van der Waals surface area contributed by atoms with Crippen molar-refractivity contribution in [2.75, 3.05) is 20.1 Å². The molecule has 0 aromatic rings. The van der Waals surface area contributed by atoms with Crippen molar-refractivity contribution in [3.63, 3.8) is 0 Å². The van der Waals surface area contributed by atoms with Crippen molar-refractivity contribution in [2.45, 2.75) is 13.3 Å². The molecule has 0 amide bonds. The van der Waals surface area contributed by atoms with Gasteiger partial charge in [0.2, 0.25) is 0 Å². The van der Waals surface area contributed by atoms with Crippen molar-refractivity contribution < 1.29 is 4.79 Å². The second kappa shape index (κ2) is 3.94. The molecule has 1 aliphatic heterocycles. The maximum absolute atomic E-state index is 10.9. The van der Waals surface area contributed by atoms with Crippen molar-refractivity contribution >= 4 is 18.2 Å². The molecule has 0 aromatic carbocycles. The Hall–Kier alpha value is -0.0800. The predicted molar refractivity (Wildman–Crippen MR) is 43.5 cm³/mol. The molecule has 0 radical (unpaired) electrons. The van der Waals surface area contributed by atoms with Gasteiger partial charge in [-0.05, 0) is 7.05 Å². The van der Waals surface area contributed by atoms with Crippen LogP contribution in [-0.2, 0) is 4.79 Å².